The maximum atomic E-state index is 11.0. The van der Waals surface area contributed by atoms with Crippen molar-refractivity contribution in [2.45, 2.75) is 18.9 Å². The molecule has 2 atom stereocenters. The summed E-state index contributed by atoms with van der Waals surface area (Å²) >= 11 is 0. The molecule has 0 saturated carbocycles. The highest BCUT2D eigenvalue weighted by molar-refractivity contribution is 5.79. The molecule has 3 N–H and O–H groups in total. The van der Waals surface area contributed by atoms with Crippen LogP contribution in [0.3, 0.4) is 0 Å². The Hall–Kier alpha value is -0.650. The number of rotatable bonds is 7. The number of amides is 1. The largest absolute Gasteiger partial charge is 0.384 e. The third kappa shape index (κ3) is 4.08. The number of ether oxygens (including phenoxy) is 1. The number of nitrogens with two attached hydrogens (primary N) is 1. The van der Waals surface area contributed by atoms with Gasteiger partial charge in [0.05, 0.1) is 12.6 Å². The van der Waals surface area contributed by atoms with Gasteiger partial charge in [-0.3, -0.25) is 4.79 Å². The van der Waals surface area contributed by atoms with E-state index in [1.54, 1.807) is 14.2 Å². The minimum atomic E-state index is -0.268. The van der Waals surface area contributed by atoms with Gasteiger partial charge in [0.15, 0.2) is 0 Å². The van der Waals surface area contributed by atoms with E-state index in [1.807, 2.05) is 0 Å². The van der Waals surface area contributed by atoms with Gasteiger partial charge < -0.3 is 20.7 Å². The molecule has 5 heteroatoms. The Morgan fingerprint density at radius 2 is 2.44 bits per heavy atom. The van der Waals surface area contributed by atoms with Crippen LogP contribution in [0.1, 0.15) is 12.8 Å². The number of carbonyl (C=O) groups excluding carboxylic acids is 1. The maximum Gasteiger partial charge on any atom is 0.234 e. The lowest BCUT2D eigenvalue weighted by Crippen LogP contribution is -2.41. The molecule has 0 bridgehead atoms. The zero-order valence-corrected chi connectivity index (χ0v) is 10.2. The van der Waals surface area contributed by atoms with Crippen LogP contribution in [0.4, 0.5) is 0 Å². The first-order valence-electron chi connectivity index (χ1n) is 5.85. The molecule has 1 aliphatic heterocycles. The van der Waals surface area contributed by atoms with E-state index in [0.29, 0.717) is 5.92 Å². The van der Waals surface area contributed by atoms with Crippen molar-refractivity contribution in [1.29, 1.82) is 0 Å². The van der Waals surface area contributed by atoms with Crippen LogP contribution < -0.4 is 11.1 Å². The number of nitrogens with zero attached hydrogens (tertiary/aromatic N) is 1. The van der Waals surface area contributed by atoms with Gasteiger partial charge in [-0.15, -0.1) is 0 Å². The molecule has 0 aliphatic carbocycles. The van der Waals surface area contributed by atoms with Crippen molar-refractivity contribution in [3.8, 4) is 0 Å². The molecule has 1 rings (SSSR count). The monoisotopic (exact) mass is 229 g/mol. The third-order valence-electron chi connectivity index (χ3n) is 3.20. The number of primary amides is 1. The zero-order valence-electron chi connectivity index (χ0n) is 10.2. The fourth-order valence-corrected chi connectivity index (χ4v) is 2.23. The van der Waals surface area contributed by atoms with Crippen LogP contribution in [0.2, 0.25) is 0 Å². The Morgan fingerprint density at radius 1 is 1.69 bits per heavy atom. The summed E-state index contributed by atoms with van der Waals surface area (Å²) in [6, 6.07) is -0.207. The average molecular weight is 229 g/mol. The molecule has 0 aromatic carbocycles. The van der Waals surface area contributed by atoms with Crippen LogP contribution in [0, 0.1) is 5.92 Å². The van der Waals surface area contributed by atoms with E-state index in [0.717, 1.165) is 32.7 Å². The van der Waals surface area contributed by atoms with Crippen molar-refractivity contribution >= 4 is 5.91 Å². The number of hydrogen-bond donors (Lipinski definition) is 2. The Labute approximate surface area is 97.3 Å². The fourth-order valence-electron chi connectivity index (χ4n) is 2.23. The van der Waals surface area contributed by atoms with Crippen molar-refractivity contribution in [2.75, 3.05) is 40.4 Å². The number of hydrogen-bond acceptors (Lipinski definition) is 4. The predicted octanol–water partition coefficient (Wildman–Crippen LogP) is -0.582. The molecule has 0 spiro atoms. The molecule has 1 aliphatic rings. The Kier molecular flexibility index (Phi) is 5.73. The molecular weight excluding hydrogens is 206 g/mol. The van der Waals surface area contributed by atoms with Crippen molar-refractivity contribution < 1.29 is 9.53 Å². The lowest BCUT2D eigenvalue weighted by Gasteiger charge is -2.19. The maximum absolute atomic E-state index is 11.0. The van der Waals surface area contributed by atoms with Crippen molar-refractivity contribution in [3.05, 3.63) is 0 Å². The molecule has 1 heterocycles. The fraction of sp³-hybridized carbons (Fsp3) is 0.909. The summed E-state index contributed by atoms with van der Waals surface area (Å²) < 4.78 is 5.15. The van der Waals surface area contributed by atoms with E-state index in [-0.39, 0.29) is 11.9 Å². The SMILES string of the molecule is CNC(CCN1CCC(COC)C1)C(N)=O. The molecule has 2 unspecified atom stereocenters. The van der Waals surface area contributed by atoms with Crippen LogP contribution >= 0.6 is 0 Å². The van der Waals surface area contributed by atoms with Gasteiger partial charge in [0.1, 0.15) is 0 Å². The first-order chi connectivity index (χ1) is 7.67. The molecule has 16 heavy (non-hydrogen) atoms. The summed E-state index contributed by atoms with van der Waals surface area (Å²) in [5.74, 6) is 0.377. The van der Waals surface area contributed by atoms with Gasteiger partial charge in [-0.2, -0.15) is 0 Å². The van der Waals surface area contributed by atoms with Crippen LogP contribution in [-0.4, -0.2) is 57.2 Å². The zero-order chi connectivity index (χ0) is 12.0. The molecule has 0 aromatic rings. The third-order valence-corrected chi connectivity index (χ3v) is 3.20. The van der Waals surface area contributed by atoms with Crippen LogP contribution in [0.25, 0.3) is 0 Å². The highest BCUT2D eigenvalue weighted by Crippen LogP contribution is 2.16. The second kappa shape index (κ2) is 6.83. The van der Waals surface area contributed by atoms with Crippen molar-refractivity contribution in [3.63, 3.8) is 0 Å². The Bertz CT molecular complexity index is 223. The van der Waals surface area contributed by atoms with Gasteiger partial charge in [0.25, 0.3) is 0 Å². The van der Waals surface area contributed by atoms with Crippen LogP contribution in [0.15, 0.2) is 0 Å². The molecule has 0 radical (unpaired) electrons. The standard InChI is InChI=1S/C11H23N3O2/c1-13-10(11(12)15)4-6-14-5-3-9(7-14)8-16-2/h9-10,13H,3-8H2,1-2H3,(H2,12,15). The van der Waals surface area contributed by atoms with E-state index in [2.05, 4.69) is 10.2 Å². The second-order valence-electron chi connectivity index (χ2n) is 4.44. The smallest absolute Gasteiger partial charge is 0.234 e. The minimum absolute atomic E-state index is 0.207. The lowest BCUT2D eigenvalue weighted by molar-refractivity contribution is -0.120. The number of likely N-dealkylation sites (N-methyl/N-ethyl adjacent to an activating group) is 1. The summed E-state index contributed by atoms with van der Waals surface area (Å²) in [6.45, 7) is 3.93. The van der Waals surface area contributed by atoms with Gasteiger partial charge in [-0.1, -0.05) is 0 Å². The molecule has 5 nitrogen and oxygen atoms in total. The van der Waals surface area contributed by atoms with Gasteiger partial charge >= 0.3 is 0 Å². The normalized spacial score (nSPS) is 23.5. The summed E-state index contributed by atoms with van der Waals surface area (Å²) in [6.07, 6.45) is 1.97. The van der Waals surface area contributed by atoms with E-state index in [4.69, 9.17) is 10.5 Å². The lowest BCUT2D eigenvalue weighted by atomic mass is 10.1. The van der Waals surface area contributed by atoms with Gasteiger partial charge in [-0.25, -0.2) is 0 Å². The summed E-state index contributed by atoms with van der Waals surface area (Å²) in [4.78, 5) is 13.4. The number of likely N-dealkylation sites (tertiary alicyclic amines) is 1. The molecule has 94 valence electrons. The molecular formula is C11H23N3O2. The predicted molar refractivity (Wildman–Crippen MR) is 63.1 cm³/mol. The number of nitrogens with one attached hydrogen (secondary N) is 1. The van der Waals surface area contributed by atoms with Crippen LogP contribution in [0.5, 0.6) is 0 Å². The van der Waals surface area contributed by atoms with E-state index >= 15 is 0 Å². The van der Waals surface area contributed by atoms with Crippen LogP contribution in [-0.2, 0) is 9.53 Å². The molecule has 1 fully saturated rings. The average Bonchev–Trinajstić information content (AvgIpc) is 2.67. The summed E-state index contributed by atoms with van der Waals surface area (Å²) in [5, 5.41) is 2.94. The van der Waals surface area contributed by atoms with Crippen molar-refractivity contribution in [2.24, 2.45) is 11.7 Å². The Balaban J connectivity index is 2.21. The quantitative estimate of drug-likeness (QED) is 0.613. The topological polar surface area (TPSA) is 67.6 Å². The first-order valence-corrected chi connectivity index (χ1v) is 5.85. The summed E-state index contributed by atoms with van der Waals surface area (Å²) in [5.41, 5.74) is 5.27. The first kappa shape index (κ1) is 13.4. The highest BCUT2D eigenvalue weighted by atomic mass is 16.5. The van der Waals surface area contributed by atoms with E-state index < -0.39 is 0 Å². The molecule has 1 amide bonds. The minimum Gasteiger partial charge on any atom is -0.384 e. The molecule has 0 aromatic heterocycles. The van der Waals surface area contributed by atoms with Gasteiger partial charge in [-0.05, 0) is 32.4 Å². The highest BCUT2D eigenvalue weighted by Gasteiger charge is 2.23. The van der Waals surface area contributed by atoms with Gasteiger partial charge in [0.2, 0.25) is 5.91 Å². The Morgan fingerprint density at radius 3 is 3.00 bits per heavy atom. The second-order valence-corrected chi connectivity index (χ2v) is 4.44. The number of methoxy groups -OCH3 is 1. The molecule has 1 saturated heterocycles. The number of carbonyl (C=O) groups is 1. The van der Waals surface area contributed by atoms with E-state index in [9.17, 15) is 4.79 Å². The summed E-state index contributed by atoms with van der Waals surface area (Å²) in [7, 11) is 3.51. The van der Waals surface area contributed by atoms with E-state index in [1.165, 1.54) is 6.42 Å². The van der Waals surface area contributed by atoms with Gasteiger partial charge in [0, 0.05) is 20.2 Å². The van der Waals surface area contributed by atoms with Crippen molar-refractivity contribution in [1.82, 2.24) is 10.2 Å².